The monoisotopic (exact) mass is 381 g/mol. The molecule has 4 nitrogen and oxygen atoms in total. The summed E-state index contributed by atoms with van der Waals surface area (Å²) in [6, 6.07) is 6.45. The lowest BCUT2D eigenvalue weighted by molar-refractivity contribution is 0.203. The van der Waals surface area contributed by atoms with Crippen LogP contribution >= 0.6 is 24.0 Å². The maximum atomic E-state index is 13.0. The first-order valence-electron chi connectivity index (χ1n) is 6.01. The summed E-state index contributed by atoms with van der Waals surface area (Å²) in [5.74, 6) is 0.471. The van der Waals surface area contributed by atoms with Gasteiger partial charge in [0.2, 0.25) is 0 Å². The largest absolute Gasteiger partial charge is 0.383 e. The van der Waals surface area contributed by atoms with E-state index in [2.05, 4.69) is 15.6 Å². The number of hydrogen-bond donors (Lipinski definition) is 2. The number of ether oxygens (including phenoxy) is 1. The summed E-state index contributed by atoms with van der Waals surface area (Å²) in [7, 11) is 1.65. The Balaban J connectivity index is 0.00000324. The zero-order valence-corrected chi connectivity index (χ0v) is 13.6. The lowest BCUT2D eigenvalue weighted by Gasteiger charge is -2.10. The molecule has 2 N–H and O–H groups in total. The summed E-state index contributed by atoms with van der Waals surface area (Å²) >= 11 is 0. The second-order valence-corrected chi connectivity index (χ2v) is 3.74. The van der Waals surface area contributed by atoms with Gasteiger partial charge in [-0.05, 0) is 24.6 Å². The molecule has 0 unspecified atom stereocenters. The SMILES string of the molecule is CCNC(=NCc1cccc(F)c1)NCCOC.I. The second-order valence-electron chi connectivity index (χ2n) is 3.74. The summed E-state index contributed by atoms with van der Waals surface area (Å²) in [5, 5.41) is 6.24. The van der Waals surface area contributed by atoms with Crippen LogP contribution in [0.3, 0.4) is 0 Å². The second kappa shape index (κ2) is 11.0. The Morgan fingerprint density at radius 3 is 2.79 bits per heavy atom. The van der Waals surface area contributed by atoms with Gasteiger partial charge in [0.15, 0.2) is 5.96 Å². The Bertz CT molecular complexity index is 388. The van der Waals surface area contributed by atoms with E-state index in [9.17, 15) is 4.39 Å². The van der Waals surface area contributed by atoms with Crippen LogP contribution in [0.15, 0.2) is 29.3 Å². The summed E-state index contributed by atoms with van der Waals surface area (Å²) in [4.78, 5) is 4.37. The molecule has 0 saturated carbocycles. The fourth-order valence-corrected chi connectivity index (χ4v) is 1.42. The van der Waals surface area contributed by atoms with Crippen molar-refractivity contribution in [2.45, 2.75) is 13.5 Å². The highest BCUT2D eigenvalue weighted by Gasteiger charge is 1.97. The Labute approximate surface area is 130 Å². The van der Waals surface area contributed by atoms with Crippen LogP contribution in [-0.2, 0) is 11.3 Å². The fraction of sp³-hybridized carbons (Fsp3) is 0.462. The molecule has 0 aliphatic rings. The van der Waals surface area contributed by atoms with Gasteiger partial charge in [-0.15, -0.1) is 24.0 Å². The van der Waals surface area contributed by atoms with Gasteiger partial charge >= 0.3 is 0 Å². The number of benzene rings is 1. The first kappa shape index (κ1) is 18.1. The number of guanidine groups is 1. The van der Waals surface area contributed by atoms with Gasteiger partial charge in [0.1, 0.15) is 5.82 Å². The van der Waals surface area contributed by atoms with Crippen LogP contribution in [0.1, 0.15) is 12.5 Å². The fourth-order valence-electron chi connectivity index (χ4n) is 1.42. The molecule has 0 bridgehead atoms. The average Bonchev–Trinajstić information content (AvgIpc) is 2.36. The minimum Gasteiger partial charge on any atom is -0.383 e. The molecule has 0 aliphatic carbocycles. The van der Waals surface area contributed by atoms with E-state index in [1.807, 2.05) is 13.0 Å². The molecule has 0 aliphatic heterocycles. The normalized spacial score (nSPS) is 10.8. The van der Waals surface area contributed by atoms with E-state index in [1.165, 1.54) is 12.1 Å². The molecule has 0 radical (unpaired) electrons. The molecule has 108 valence electrons. The lowest BCUT2D eigenvalue weighted by Crippen LogP contribution is -2.38. The number of methoxy groups -OCH3 is 1. The zero-order valence-electron chi connectivity index (χ0n) is 11.3. The number of aliphatic imine (C=N–C) groups is 1. The molecule has 0 aromatic heterocycles. The van der Waals surface area contributed by atoms with Gasteiger partial charge in [-0.2, -0.15) is 0 Å². The van der Waals surface area contributed by atoms with Crippen molar-refractivity contribution in [3.63, 3.8) is 0 Å². The molecule has 0 heterocycles. The molecule has 0 spiro atoms. The molecule has 0 amide bonds. The standard InChI is InChI=1S/C13H20FN3O.HI/c1-3-15-13(16-7-8-18-2)17-10-11-5-4-6-12(14)9-11;/h4-6,9H,3,7-8,10H2,1-2H3,(H2,15,16,17);1H. The first-order valence-corrected chi connectivity index (χ1v) is 6.01. The molecule has 6 heteroatoms. The first-order chi connectivity index (χ1) is 8.76. The van der Waals surface area contributed by atoms with Gasteiger partial charge in [0.25, 0.3) is 0 Å². The third-order valence-corrected chi connectivity index (χ3v) is 2.25. The Hall–Kier alpha value is -0.890. The van der Waals surface area contributed by atoms with E-state index < -0.39 is 0 Å². The Kier molecular flexibility index (Phi) is 10.5. The van der Waals surface area contributed by atoms with Gasteiger partial charge < -0.3 is 15.4 Å². The summed E-state index contributed by atoms with van der Waals surface area (Å²) < 4.78 is 17.9. The van der Waals surface area contributed by atoms with Crippen molar-refractivity contribution >= 4 is 29.9 Å². The Morgan fingerprint density at radius 1 is 1.37 bits per heavy atom. The predicted molar refractivity (Wildman–Crippen MR) is 86.5 cm³/mol. The molecular weight excluding hydrogens is 360 g/mol. The van der Waals surface area contributed by atoms with Gasteiger partial charge in [-0.3, -0.25) is 0 Å². The van der Waals surface area contributed by atoms with E-state index in [4.69, 9.17) is 4.74 Å². The van der Waals surface area contributed by atoms with Crippen LogP contribution in [-0.4, -0.2) is 32.8 Å². The summed E-state index contributed by atoms with van der Waals surface area (Å²) in [5.41, 5.74) is 0.846. The molecule has 1 rings (SSSR count). The molecule has 19 heavy (non-hydrogen) atoms. The third-order valence-electron chi connectivity index (χ3n) is 2.25. The maximum absolute atomic E-state index is 13.0. The number of nitrogens with zero attached hydrogens (tertiary/aromatic N) is 1. The number of rotatable bonds is 6. The summed E-state index contributed by atoms with van der Waals surface area (Å²) in [6.45, 7) is 4.52. The molecule has 0 fully saturated rings. The van der Waals surface area contributed by atoms with Crippen LogP contribution in [0.25, 0.3) is 0 Å². The van der Waals surface area contributed by atoms with E-state index in [0.29, 0.717) is 25.7 Å². The van der Waals surface area contributed by atoms with Gasteiger partial charge in [-0.1, -0.05) is 12.1 Å². The molecule has 1 aromatic carbocycles. The Morgan fingerprint density at radius 2 is 2.16 bits per heavy atom. The quantitative estimate of drug-likeness (QED) is 0.344. The zero-order chi connectivity index (χ0) is 13.2. The van der Waals surface area contributed by atoms with Crippen LogP contribution in [0.4, 0.5) is 4.39 Å². The van der Waals surface area contributed by atoms with E-state index in [0.717, 1.165) is 12.1 Å². The van der Waals surface area contributed by atoms with Crippen molar-refractivity contribution in [3.05, 3.63) is 35.6 Å². The van der Waals surface area contributed by atoms with Crippen LogP contribution in [0, 0.1) is 5.82 Å². The highest BCUT2D eigenvalue weighted by Crippen LogP contribution is 2.04. The highest BCUT2D eigenvalue weighted by atomic mass is 127. The lowest BCUT2D eigenvalue weighted by atomic mass is 10.2. The predicted octanol–water partition coefficient (Wildman–Crippen LogP) is 2.15. The topological polar surface area (TPSA) is 45.7 Å². The molecule has 0 atom stereocenters. The van der Waals surface area contributed by atoms with Crippen molar-refractivity contribution in [2.75, 3.05) is 26.8 Å². The molecule has 1 aromatic rings. The minimum absolute atomic E-state index is 0. The smallest absolute Gasteiger partial charge is 0.191 e. The number of nitrogens with one attached hydrogen (secondary N) is 2. The average molecular weight is 381 g/mol. The van der Waals surface area contributed by atoms with Crippen molar-refractivity contribution in [3.8, 4) is 0 Å². The highest BCUT2D eigenvalue weighted by molar-refractivity contribution is 14.0. The minimum atomic E-state index is -0.236. The third kappa shape index (κ3) is 7.99. The summed E-state index contributed by atoms with van der Waals surface area (Å²) in [6.07, 6.45) is 0. The number of halogens is 2. The van der Waals surface area contributed by atoms with Crippen molar-refractivity contribution in [1.29, 1.82) is 0 Å². The molecular formula is C13H21FIN3O. The van der Waals surface area contributed by atoms with E-state index >= 15 is 0 Å². The van der Waals surface area contributed by atoms with Gasteiger partial charge in [0, 0.05) is 20.2 Å². The van der Waals surface area contributed by atoms with Crippen molar-refractivity contribution in [2.24, 2.45) is 4.99 Å². The number of hydrogen-bond acceptors (Lipinski definition) is 2. The van der Waals surface area contributed by atoms with E-state index in [-0.39, 0.29) is 29.8 Å². The van der Waals surface area contributed by atoms with Gasteiger partial charge in [-0.25, -0.2) is 9.38 Å². The van der Waals surface area contributed by atoms with Crippen molar-refractivity contribution < 1.29 is 9.13 Å². The van der Waals surface area contributed by atoms with Crippen LogP contribution in [0.5, 0.6) is 0 Å². The van der Waals surface area contributed by atoms with E-state index in [1.54, 1.807) is 13.2 Å². The van der Waals surface area contributed by atoms with Crippen molar-refractivity contribution in [1.82, 2.24) is 10.6 Å². The maximum Gasteiger partial charge on any atom is 0.191 e. The van der Waals surface area contributed by atoms with Crippen LogP contribution in [0.2, 0.25) is 0 Å². The van der Waals surface area contributed by atoms with Crippen LogP contribution < -0.4 is 10.6 Å². The van der Waals surface area contributed by atoms with Gasteiger partial charge in [0.05, 0.1) is 13.2 Å². The molecule has 0 saturated heterocycles.